The van der Waals surface area contributed by atoms with Crippen molar-refractivity contribution in [3.8, 4) is 17.1 Å². The average Bonchev–Trinajstić information content (AvgIpc) is 3.21. The van der Waals surface area contributed by atoms with Gasteiger partial charge in [-0.2, -0.15) is 0 Å². The molecule has 4 nitrogen and oxygen atoms in total. The highest BCUT2D eigenvalue weighted by atomic mass is 35.5. The van der Waals surface area contributed by atoms with Gasteiger partial charge < -0.3 is 9.30 Å². The van der Waals surface area contributed by atoms with E-state index in [0.29, 0.717) is 39.7 Å². The van der Waals surface area contributed by atoms with Gasteiger partial charge in [0, 0.05) is 28.6 Å². The number of aryl methyl sites for hydroxylation is 1. The number of fused-ring (bicyclic) bond motifs is 1. The Kier molecular flexibility index (Phi) is 6.91. The third kappa shape index (κ3) is 5.06. The highest BCUT2D eigenvalue weighted by molar-refractivity contribution is 6.30. The van der Waals surface area contributed by atoms with Crippen molar-refractivity contribution in [1.29, 1.82) is 0 Å². The number of alkyl halides is 1. The van der Waals surface area contributed by atoms with Gasteiger partial charge in [0.1, 0.15) is 30.7 Å². The molecule has 0 aliphatic rings. The Morgan fingerprint density at radius 1 is 0.861 bits per heavy atom. The van der Waals surface area contributed by atoms with Crippen molar-refractivity contribution < 1.29 is 17.9 Å². The number of ether oxygens (including phenoxy) is 1. The molecule has 5 aromatic rings. The second-order valence-corrected chi connectivity index (χ2v) is 8.67. The Bertz CT molecular complexity index is 1540. The number of hydrogen-bond donors (Lipinski definition) is 0. The van der Waals surface area contributed by atoms with Gasteiger partial charge in [-0.15, -0.1) is 0 Å². The first kappa shape index (κ1) is 23.9. The molecule has 182 valence electrons. The van der Waals surface area contributed by atoms with E-state index in [9.17, 15) is 8.78 Å². The minimum atomic E-state index is -0.518. The number of pyridine rings is 1. The van der Waals surface area contributed by atoms with E-state index in [1.54, 1.807) is 42.5 Å². The molecule has 2 heterocycles. The summed E-state index contributed by atoms with van der Waals surface area (Å²) in [6.45, 7) is -0.372. The summed E-state index contributed by atoms with van der Waals surface area (Å²) in [6.07, 6.45) is 0.356. The number of aromatic nitrogens is 3. The zero-order valence-corrected chi connectivity index (χ0v) is 19.9. The van der Waals surface area contributed by atoms with Gasteiger partial charge in [-0.1, -0.05) is 41.9 Å². The topological polar surface area (TPSA) is 39.9 Å². The first-order chi connectivity index (χ1) is 17.5. The summed E-state index contributed by atoms with van der Waals surface area (Å²) >= 11 is 5.79. The second-order valence-electron chi connectivity index (χ2n) is 8.23. The SMILES string of the molecule is FCCn1c(Cc2ccc(-c3cccc(OCc4ccc(Cl)cc4F)n3)c(F)c2)nc2ccccc21. The maximum Gasteiger partial charge on any atom is 0.214 e. The van der Waals surface area contributed by atoms with Crippen molar-refractivity contribution in [2.45, 2.75) is 19.6 Å². The largest absolute Gasteiger partial charge is 0.473 e. The van der Waals surface area contributed by atoms with Crippen molar-refractivity contribution in [3.05, 3.63) is 112 Å². The fraction of sp³-hybridized carbons (Fsp3) is 0.143. The van der Waals surface area contributed by atoms with E-state index >= 15 is 4.39 Å². The molecule has 0 fully saturated rings. The zero-order valence-electron chi connectivity index (χ0n) is 19.1. The van der Waals surface area contributed by atoms with E-state index in [1.807, 2.05) is 28.8 Å². The van der Waals surface area contributed by atoms with E-state index in [0.717, 1.165) is 11.0 Å². The number of para-hydroxylation sites is 2. The molecule has 0 atom stereocenters. The van der Waals surface area contributed by atoms with Crippen molar-refractivity contribution in [2.75, 3.05) is 6.67 Å². The molecule has 0 spiro atoms. The van der Waals surface area contributed by atoms with Crippen LogP contribution in [-0.2, 0) is 19.6 Å². The van der Waals surface area contributed by atoms with Gasteiger partial charge in [0.15, 0.2) is 0 Å². The fourth-order valence-corrected chi connectivity index (χ4v) is 4.25. The van der Waals surface area contributed by atoms with E-state index in [-0.39, 0.29) is 19.0 Å². The minimum absolute atomic E-state index is 0.0409. The molecule has 0 N–H and O–H groups in total. The van der Waals surface area contributed by atoms with Crippen LogP contribution in [0.25, 0.3) is 22.3 Å². The predicted molar refractivity (Wildman–Crippen MR) is 134 cm³/mol. The maximum atomic E-state index is 15.1. The zero-order chi connectivity index (χ0) is 25.1. The lowest BCUT2D eigenvalue weighted by Gasteiger charge is -2.10. The van der Waals surface area contributed by atoms with Gasteiger partial charge in [0.2, 0.25) is 5.88 Å². The molecule has 5 rings (SSSR count). The Labute approximate surface area is 211 Å². The monoisotopic (exact) mass is 507 g/mol. The molecular weight excluding hydrogens is 487 g/mol. The molecule has 0 aliphatic carbocycles. The first-order valence-corrected chi connectivity index (χ1v) is 11.7. The fourth-order valence-electron chi connectivity index (χ4n) is 4.09. The molecule has 3 aromatic carbocycles. The highest BCUT2D eigenvalue weighted by Gasteiger charge is 2.14. The smallest absolute Gasteiger partial charge is 0.214 e. The third-order valence-electron chi connectivity index (χ3n) is 5.83. The summed E-state index contributed by atoms with van der Waals surface area (Å²) < 4.78 is 49.8. The van der Waals surface area contributed by atoms with E-state index in [1.165, 1.54) is 12.1 Å². The number of rotatable bonds is 8. The minimum Gasteiger partial charge on any atom is -0.473 e. The van der Waals surface area contributed by atoms with E-state index in [2.05, 4.69) is 9.97 Å². The lowest BCUT2D eigenvalue weighted by atomic mass is 10.1. The molecule has 0 saturated carbocycles. The summed E-state index contributed by atoms with van der Waals surface area (Å²) in [4.78, 5) is 8.99. The van der Waals surface area contributed by atoms with Crippen LogP contribution >= 0.6 is 11.6 Å². The van der Waals surface area contributed by atoms with Crippen molar-refractivity contribution >= 4 is 22.6 Å². The van der Waals surface area contributed by atoms with Gasteiger partial charge in [-0.25, -0.2) is 23.1 Å². The Hall–Kier alpha value is -3.84. The van der Waals surface area contributed by atoms with Crippen LogP contribution in [0.1, 0.15) is 17.0 Å². The van der Waals surface area contributed by atoms with Gasteiger partial charge in [0.05, 0.1) is 23.3 Å². The Morgan fingerprint density at radius 3 is 2.53 bits per heavy atom. The number of halogens is 4. The number of imidazole rings is 1. The Balaban J connectivity index is 1.35. The van der Waals surface area contributed by atoms with Crippen LogP contribution in [0.2, 0.25) is 5.02 Å². The van der Waals surface area contributed by atoms with Crippen LogP contribution in [0.4, 0.5) is 13.2 Å². The molecular formula is C28H21ClF3N3O. The summed E-state index contributed by atoms with van der Waals surface area (Å²) in [5, 5.41) is 0.301. The number of hydrogen-bond acceptors (Lipinski definition) is 3. The molecule has 8 heteroatoms. The van der Waals surface area contributed by atoms with Crippen LogP contribution < -0.4 is 4.74 Å². The van der Waals surface area contributed by atoms with Crippen molar-refractivity contribution in [2.24, 2.45) is 0 Å². The normalized spacial score (nSPS) is 11.2. The van der Waals surface area contributed by atoms with E-state index in [4.69, 9.17) is 16.3 Å². The molecule has 0 bridgehead atoms. The van der Waals surface area contributed by atoms with Crippen LogP contribution in [0.5, 0.6) is 5.88 Å². The molecule has 36 heavy (non-hydrogen) atoms. The lowest BCUT2D eigenvalue weighted by Crippen LogP contribution is -2.06. The predicted octanol–water partition coefficient (Wildman–Crippen LogP) is 7.17. The molecule has 0 aliphatic heterocycles. The molecule has 0 radical (unpaired) electrons. The van der Waals surface area contributed by atoms with Crippen molar-refractivity contribution in [1.82, 2.24) is 14.5 Å². The summed E-state index contributed by atoms with van der Waals surface area (Å²) in [5.41, 5.74) is 3.36. The van der Waals surface area contributed by atoms with Gasteiger partial charge in [-0.05, 0) is 48.0 Å². The van der Waals surface area contributed by atoms with E-state index < -0.39 is 18.3 Å². The molecule has 2 aromatic heterocycles. The summed E-state index contributed by atoms with van der Waals surface area (Å²) in [5.74, 6) is -0.0106. The molecule has 0 unspecified atom stereocenters. The van der Waals surface area contributed by atoms with Gasteiger partial charge in [-0.3, -0.25) is 0 Å². The summed E-state index contributed by atoms with van der Waals surface area (Å²) in [7, 11) is 0. The maximum absolute atomic E-state index is 15.1. The average molecular weight is 508 g/mol. The van der Waals surface area contributed by atoms with Crippen LogP contribution in [0.3, 0.4) is 0 Å². The number of nitrogens with zero attached hydrogens (tertiary/aromatic N) is 3. The van der Waals surface area contributed by atoms with Crippen LogP contribution in [-0.4, -0.2) is 21.2 Å². The third-order valence-corrected chi connectivity index (χ3v) is 6.06. The molecule has 0 saturated heterocycles. The number of benzene rings is 3. The second kappa shape index (κ2) is 10.4. The quantitative estimate of drug-likeness (QED) is 0.223. The standard InChI is InChI=1S/C28H21ClF3N3O/c29-20-10-9-19(22(31)16-20)17-36-28-7-3-5-24(34-28)21-11-8-18(14-23(21)32)15-27-33-25-4-1-2-6-26(25)35(27)13-12-30/h1-11,14,16H,12-13,15,17H2. The van der Waals surface area contributed by atoms with Crippen molar-refractivity contribution in [3.63, 3.8) is 0 Å². The van der Waals surface area contributed by atoms with Crippen LogP contribution in [0, 0.1) is 11.6 Å². The highest BCUT2D eigenvalue weighted by Crippen LogP contribution is 2.26. The lowest BCUT2D eigenvalue weighted by molar-refractivity contribution is 0.288. The first-order valence-electron chi connectivity index (χ1n) is 11.3. The summed E-state index contributed by atoms with van der Waals surface area (Å²) in [6, 6.07) is 21.8. The van der Waals surface area contributed by atoms with Gasteiger partial charge >= 0.3 is 0 Å². The van der Waals surface area contributed by atoms with Crippen LogP contribution in [0.15, 0.2) is 78.9 Å². The molecule has 0 amide bonds. The van der Waals surface area contributed by atoms with Gasteiger partial charge in [0.25, 0.3) is 0 Å². The Morgan fingerprint density at radius 2 is 1.72 bits per heavy atom.